The summed E-state index contributed by atoms with van der Waals surface area (Å²) in [5, 5.41) is 6.36. The monoisotopic (exact) mass is 284 g/mol. The van der Waals surface area contributed by atoms with Crippen LogP contribution in [0.15, 0.2) is 53.8 Å². The van der Waals surface area contributed by atoms with Crippen molar-refractivity contribution < 1.29 is 4.39 Å². The van der Waals surface area contributed by atoms with Crippen molar-refractivity contribution in [2.45, 2.75) is 5.92 Å². The number of aliphatic imine (C=N–C) groups is 1. The highest BCUT2D eigenvalue weighted by molar-refractivity contribution is 5.81. The Balaban J connectivity index is 1.89. The molecule has 108 valence electrons. The first-order chi connectivity index (χ1) is 10.3. The van der Waals surface area contributed by atoms with Crippen LogP contribution < -0.4 is 10.6 Å². The first-order valence-corrected chi connectivity index (χ1v) is 7.00. The molecule has 3 rings (SSSR count). The number of nitrogens with one attached hydrogen (secondary N) is 2. The maximum absolute atomic E-state index is 13.5. The van der Waals surface area contributed by atoms with Gasteiger partial charge in [0.2, 0.25) is 0 Å². The van der Waals surface area contributed by atoms with Crippen LogP contribution in [0.4, 0.5) is 4.39 Å². The van der Waals surface area contributed by atoms with E-state index in [-0.39, 0.29) is 11.7 Å². The third-order valence-electron chi connectivity index (χ3n) is 3.50. The number of nitrogens with zero attached hydrogens (tertiary/aromatic N) is 2. The van der Waals surface area contributed by atoms with Gasteiger partial charge in [-0.3, -0.25) is 9.98 Å². The van der Waals surface area contributed by atoms with Gasteiger partial charge in [-0.2, -0.15) is 0 Å². The van der Waals surface area contributed by atoms with Crippen LogP contribution in [-0.4, -0.2) is 30.6 Å². The molecule has 0 saturated carbocycles. The summed E-state index contributed by atoms with van der Waals surface area (Å²) in [5.41, 5.74) is 2.00. The predicted octanol–water partition coefficient (Wildman–Crippen LogP) is 1.90. The minimum Gasteiger partial charge on any atom is -0.355 e. The molecule has 1 aromatic carbocycles. The molecule has 2 aromatic rings. The second-order valence-electron chi connectivity index (χ2n) is 4.93. The average molecular weight is 284 g/mol. The van der Waals surface area contributed by atoms with Crippen molar-refractivity contribution in [1.82, 2.24) is 15.6 Å². The second kappa shape index (κ2) is 6.35. The summed E-state index contributed by atoms with van der Waals surface area (Å²) in [7, 11) is 0. The topological polar surface area (TPSA) is 49.3 Å². The lowest BCUT2D eigenvalue weighted by atomic mass is 9.92. The largest absolute Gasteiger partial charge is 0.355 e. The molecule has 2 N–H and O–H groups in total. The lowest BCUT2D eigenvalue weighted by Crippen LogP contribution is -2.25. The highest BCUT2D eigenvalue weighted by Gasteiger charge is 2.15. The van der Waals surface area contributed by atoms with Gasteiger partial charge >= 0.3 is 0 Å². The lowest BCUT2D eigenvalue weighted by molar-refractivity contribution is 0.623. The van der Waals surface area contributed by atoms with Crippen LogP contribution in [0.2, 0.25) is 0 Å². The number of rotatable bonds is 4. The zero-order valence-corrected chi connectivity index (χ0v) is 11.6. The van der Waals surface area contributed by atoms with Gasteiger partial charge in [0.25, 0.3) is 0 Å². The van der Waals surface area contributed by atoms with Gasteiger partial charge in [-0.15, -0.1) is 0 Å². The Kier molecular flexibility index (Phi) is 4.09. The fraction of sp³-hybridized carbons (Fsp3) is 0.250. The van der Waals surface area contributed by atoms with E-state index in [0.717, 1.165) is 30.2 Å². The number of guanidine groups is 1. The molecular formula is C16H17FN4. The molecule has 1 aliphatic rings. The number of hydrogen-bond donors (Lipinski definition) is 2. The van der Waals surface area contributed by atoms with E-state index in [2.05, 4.69) is 20.6 Å². The summed E-state index contributed by atoms with van der Waals surface area (Å²) in [6.07, 6.45) is 3.50. The smallest absolute Gasteiger partial charge is 0.191 e. The number of pyridine rings is 1. The minimum atomic E-state index is -0.226. The minimum absolute atomic E-state index is 0.0143. The highest BCUT2D eigenvalue weighted by atomic mass is 19.1. The summed E-state index contributed by atoms with van der Waals surface area (Å²) in [5.74, 6) is 0.599. The molecule has 1 aromatic heterocycles. The van der Waals surface area contributed by atoms with E-state index in [0.29, 0.717) is 6.54 Å². The Morgan fingerprint density at radius 2 is 1.86 bits per heavy atom. The Labute approximate surface area is 123 Å². The van der Waals surface area contributed by atoms with E-state index in [9.17, 15) is 4.39 Å². The molecule has 1 fully saturated rings. The van der Waals surface area contributed by atoms with Crippen LogP contribution in [0.3, 0.4) is 0 Å². The van der Waals surface area contributed by atoms with Gasteiger partial charge in [-0.25, -0.2) is 4.39 Å². The standard InChI is InChI=1S/C16H17FN4/c17-14-3-1-2-13(10-14)15(12-4-6-18-7-5-12)11-21-16-19-8-9-20-16/h1-7,10,15H,8-9,11H2,(H2,19,20,21). The summed E-state index contributed by atoms with van der Waals surface area (Å²) < 4.78 is 13.5. The van der Waals surface area contributed by atoms with Gasteiger partial charge in [0.05, 0.1) is 6.54 Å². The van der Waals surface area contributed by atoms with E-state index in [4.69, 9.17) is 0 Å². The van der Waals surface area contributed by atoms with Crippen LogP contribution >= 0.6 is 0 Å². The molecule has 2 heterocycles. The maximum atomic E-state index is 13.5. The van der Waals surface area contributed by atoms with Crippen LogP contribution in [0.1, 0.15) is 17.0 Å². The molecule has 5 heteroatoms. The lowest BCUT2D eigenvalue weighted by Gasteiger charge is -2.16. The molecular weight excluding hydrogens is 267 g/mol. The summed E-state index contributed by atoms with van der Waals surface area (Å²) in [6, 6.07) is 10.6. The fourth-order valence-electron chi connectivity index (χ4n) is 2.44. The maximum Gasteiger partial charge on any atom is 0.191 e. The average Bonchev–Trinajstić information content (AvgIpc) is 3.02. The van der Waals surface area contributed by atoms with E-state index < -0.39 is 0 Å². The number of aromatic nitrogens is 1. The molecule has 0 radical (unpaired) electrons. The first-order valence-electron chi connectivity index (χ1n) is 7.00. The van der Waals surface area contributed by atoms with Crippen LogP contribution in [0, 0.1) is 5.82 Å². The number of hydrogen-bond acceptors (Lipinski definition) is 2. The number of halogens is 1. The molecule has 1 atom stereocenters. The molecule has 1 unspecified atom stereocenters. The van der Waals surface area contributed by atoms with E-state index in [1.807, 2.05) is 18.2 Å². The van der Waals surface area contributed by atoms with Crippen molar-refractivity contribution >= 4 is 5.96 Å². The zero-order valence-electron chi connectivity index (χ0n) is 11.6. The third-order valence-corrected chi connectivity index (χ3v) is 3.50. The van der Waals surface area contributed by atoms with Crippen molar-refractivity contribution in [3.05, 3.63) is 65.7 Å². The SMILES string of the molecule is Fc1cccc(C(CN=C2NCCN2)c2ccncc2)c1. The summed E-state index contributed by atoms with van der Waals surface area (Å²) >= 11 is 0. The Bertz CT molecular complexity index is 619. The van der Waals surface area contributed by atoms with Crippen molar-refractivity contribution in [1.29, 1.82) is 0 Å². The molecule has 0 aliphatic carbocycles. The summed E-state index contributed by atoms with van der Waals surface area (Å²) in [4.78, 5) is 8.60. The molecule has 0 bridgehead atoms. The second-order valence-corrected chi connectivity index (χ2v) is 4.93. The van der Waals surface area contributed by atoms with Gasteiger partial charge in [0, 0.05) is 31.4 Å². The van der Waals surface area contributed by atoms with Crippen LogP contribution in [0.5, 0.6) is 0 Å². The fourth-order valence-corrected chi connectivity index (χ4v) is 2.44. The zero-order chi connectivity index (χ0) is 14.5. The van der Waals surface area contributed by atoms with E-state index >= 15 is 0 Å². The van der Waals surface area contributed by atoms with Crippen molar-refractivity contribution in [2.75, 3.05) is 19.6 Å². The molecule has 1 aliphatic heterocycles. The molecule has 4 nitrogen and oxygen atoms in total. The van der Waals surface area contributed by atoms with Crippen molar-refractivity contribution in [3.8, 4) is 0 Å². The van der Waals surface area contributed by atoms with Crippen molar-refractivity contribution in [3.63, 3.8) is 0 Å². The third kappa shape index (κ3) is 3.37. The van der Waals surface area contributed by atoms with Gasteiger partial charge in [-0.1, -0.05) is 12.1 Å². The first kappa shape index (κ1) is 13.5. The Morgan fingerprint density at radius 3 is 2.57 bits per heavy atom. The number of benzene rings is 1. The molecule has 0 amide bonds. The van der Waals surface area contributed by atoms with E-state index in [1.165, 1.54) is 6.07 Å². The predicted molar refractivity (Wildman–Crippen MR) is 80.8 cm³/mol. The quantitative estimate of drug-likeness (QED) is 0.901. The molecule has 21 heavy (non-hydrogen) atoms. The van der Waals surface area contributed by atoms with Crippen molar-refractivity contribution in [2.24, 2.45) is 4.99 Å². The van der Waals surface area contributed by atoms with Crippen LogP contribution in [-0.2, 0) is 0 Å². The normalized spacial score (nSPS) is 15.2. The van der Waals surface area contributed by atoms with Gasteiger partial charge in [0.15, 0.2) is 5.96 Å². The van der Waals surface area contributed by atoms with Gasteiger partial charge in [-0.05, 0) is 35.4 Å². The summed E-state index contributed by atoms with van der Waals surface area (Å²) in [6.45, 7) is 2.33. The Hall–Kier alpha value is -2.43. The Morgan fingerprint density at radius 1 is 1.10 bits per heavy atom. The van der Waals surface area contributed by atoms with Gasteiger partial charge in [0.1, 0.15) is 5.82 Å². The molecule has 0 spiro atoms. The highest BCUT2D eigenvalue weighted by Crippen LogP contribution is 2.25. The van der Waals surface area contributed by atoms with Crippen LogP contribution in [0.25, 0.3) is 0 Å². The van der Waals surface area contributed by atoms with Gasteiger partial charge < -0.3 is 10.6 Å². The van der Waals surface area contributed by atoms with E-state index in [1.54, 1.807) is 24.5 Å². The molecule has 1 saturated heterocycles.